The van der Waals surface area contributed by atoms with E-state index in [0.717, 1.165) is 39.3 Å². The molecule has 0 aliphatic carbocycles. The van der Waals surface area contributed by atoms with E-state index in [1.165, 1.54) is 0 Å². The normalized spacial score (nSPS) is 10.6. The van der Waals surface area contributed by atoms with Gasteiger partial charge in [-0.2, -0.15) is 0 Å². The van der Waals surface area contributed by atoms with E-state index in [4.69, 9.17) is 14.2 Å². The molecule has 5 aromatic carbocycles. The van der Waals surface area contributed by atoms with Gasteiger partial charge in [0.1, 0.15) is 37.1 Å². The highest BCUT2D eigenvalue weighted by molar-refractivity contribution is 5.78. The Labute approximate surface area is 229 Å². The van der Waals surface area contributed by atoms with Gasteiger partial charge in [-0.1, -0.05) is 84.9 Å². The fraction of sp³-hybridized carbons (Fsp3) is 0.114. The van der Waals surface area contributed by atoms with Crippen LogP contribution >= 0.6 is 0 Å². The van der Waals surface area contributed by atoms with Crippen molar-refractivity contribution < 1.29 is 19.0 Å². The Hall–Kier alpha value is -4.83. The summed E-state index contributed by atoms with van der Waals surface area (Å²) in [6.45, 7) is 1.39. The van der Waals surface area contributed by atoms with Crippen molar-refractivity contribution >= 4 is 6.29 Å². The van der Waals surface area contributed by atoms with Gasteiger partial charge in [-0.25, -0.2) is 0 Å². The van der Waals surface area contributed by atoms with Crippen LogP contribution in [0.3, 0.4) is 0 Å². The van der Waals surface area contributed by atoms with E-state index in [9.17, 15) is 4.79 Å². The quantitative estimate of drug-likeness (QED) is 0.174. The van der Waals surface area contributed by atoms with Crippen LogP contribution < -0.4 is 14.2 Å². The van der Waals surface area contributed by atoms with Gasteiger partial charge in [0, 0.05) is 5.56 Å². The summed E-state index contributed by atoms with van der Waals surface area (Å²) in [6.07, 6.45) is 2.62. The molecular formula is C35H29O4. The highest BCUT2D eigenvalue weighted by Crippen LogP contribution is 2.24. The monoisotopic (exact) mass is 513 g/mol. The van der Waals surface area contributed by atoms with Crippen LogP contribution in [0.15, 0.2) is 127 Å². The molecule has 0 fully saturated rings. The molecule has 0 saturated carbocycles. The Morgan fingerprint density at radius 2 is 0.949 bits per heavy atom. The maximum Gasteiger partial charge on any atom is 0.233 e. The number of hydrogen-bond acceptors (Lipinski definition) is 4. The molecule has 0 aliphatic heterocycles. The first-order valence-electron chi connectivity index (χ1n) is 12.9. The minimum atomic E-state index is 0.384. The lowest BCUT2D eigenvalue weighted by Gasteiger charge is -2.12. The van der Waals surface area contributed by atoms with Crippen molar-refractivity contribution in [2.45, 2.75) is 26.2 Å². The van der Waals surface area contributed by atoms with E-state index in [0.29, 0.717) is 37.6 Å². The summed E-state index contributed by atoms with van der Waals surface area (Å²) in [4.78, 5) is 11.6. The molecule has 0 aromatic heterocycles. The Bertz CT molecular complexity index is 1500. The number of rotatable bonds is 12. The molecule has 0 amide bonds. The van der Waals surface area contributed by atoms with Crippen molar-refractivity contribution in [3.8, 4) is 17.2 Å². The second kappa shape index (κ2) is 13.1. The minimum absolute atomic E-state index is 0.384. The van der Waals surface area contributed by atoms with E-state index < -0.39 is 0 Å². The van der Waals surface area contributed by atoms with Gasteiger partial charge in [-0.3, -0.25) is 4.79 Å². The first-order valence-corrected chi connectivity index (χ1v) is 12.9. The summed E-state index contributed by atoms with van der Waals surface area (Å²) in [5.74, 6) is 2.27. The molecule has 39 heavy (non-hydrogen) atoms. The van der Waals surface area contributed by atoms with Crippen molar-refractivity contribution in [3.63, 3.8) is 0 Å². The van der Waals surface area contributed by atoms with Gasteiger partial charge in [0.05, 0.1) is 0 Å². The lowest BCUT2D eigenvalue weighted by molar-refractivity contribution is 0.295. The highest BCUT2D eigenvalue weighted by atomic mass is 16.5. The Kier molecular flexibility index (Phi) is 8.67. The first kappa shape index (κ1) is 25.8. The smallest absolute Gasteiger partial charge is 0.233 e. The predicted octanol–water partition coefficient (Wildman–Crippen LogP) is 7.47. The Morgan fingerprint density at radius 3 is 1.54 bits per heavy atom. The van der Waals surface area contributed by atoms with Crippen molar-refractivity contribution in [3.05, 3.63) is 161 Å². The molecule has 0 atom stereocenters. The lowest BCUT2D eigenvalue weighted by atomic mass is 10.00. The van der Waals surface area contributed by atoms with Crippen molar-refractivity contribution in [1.29, 1.82) is 0 Å². The summed E-state index contributed by atoms with van der Waals surface area (Å²) >= 11 is 0. The molecule has 4 nitrogen and oxygen atoms in total. The maximum absolute atomic E-state index is 11.6. The summed E-state index contributed by atoms with van der Waals surface area (Å²) in [7, 11) is 0. The van der Waals surface area contributed by atoms with Crippen LogP contribution in [0.2, 0.25) is 0 Å². The second-order valence-electron chi connectivity index (χ2n) is 9.23. The van der Waals surface area contributed by atoms with E-state index in [2.05, 4.69) is 6.29 Å². The van der Waals surface area contributed by atoms with E-state index in [1.54, 1.807) is 12.1 Å². The lowest BCUT2D eigenvalue weighted by Crippen LogP contribution is -2.01. The summed E-state index contributed by atoms with van der Waals surface area (Å²) in [5, 5.41) is 0. The highest BCUT2D eigenvalue weighted by Gasteiger charge is 2.09. The minimum Gasteiger partial charge on any atom is -0.489 e. The van der Waals surface area contributed by atoms with Gasteiger partial charge in [0.15, 0.2) is 0 Å². The fourth-order valence-electron chi connectivity index (χ4n) is 4.24. The third-order valence-electron chi connectivity index (χ3n) is 6.28. The standard InChI is InChI=1S/C35H29O4/c36-23-31-17-18-35(39-26-30-14-8-16-34(21-30)38-25-28-11-5-2-6-12-28)22-32(31)19-29-13-7-15-33(20-29)37-24-27-9-3-1-4-10-27/h1-18,20-22H,19,24-26H2. The van der Waals surface area contributed by atoms with Crippen LogP contribution in [0.5, 0.6) is 17.2 Å². The number of hydrogen-bond donors (Lipinski definition) is 0. The largest absolute Gasteiger partial charge is 0.489 e. The predicted molar refractivity (Wildman–Crippen MR) is 153 cm³/mol. The van der Waals surface area contributed by atoms with Gasteiger partial charge in [-0.05, 0) is 76.7 Å². The van der Waals surface area contributed by atoms with Gasteiger partial charge >= 0.3 is 0 Å². The third-order valence-corrected chi connectivity index (χ3v) is 6.28. The molecule has 0 saturated heterocycles. The molecule has 0 spiro atoms. The zero-order chi connectivity index (χ0) is 26.7. The molecule has 0 heterocycles. The molecule has 0 bridgehead atoms. The van der Waals surface area contributed by atoms with Crippen molar-refractivity contribution in [2.24, 2.45) is 0 Å². The van der Waals surface area contributed by atoms with Crippen LogP contribution in [0, 0.1) is 0 Å². The molecule has 0 unspecified atom stereocenters. The number of ether oxygens (including phenoxy) is 3. The molecule has 5 rings (SSSR count). The maximum atomic E-state index is 11.6. The molecule has 1 radical (unpaired) electrons. The van der Waals surface area contributed by atoms with E-state index >= 15 is 0 Å². The molecular weight excluding hydrogens is 484 g/mol. The van der Waals surface area contributed by atoms with Crippen molar-refractivity contribution in [1.82, 2.24) is 0 Å². The molecule has 5 aromatic rings. The second-order valence-corrected chi connectivity index (χ2v) is 9.23. The summed E-state index contributed by atoms with van der Waals surface area (Å²) < 4.78 is 18.0. The van der Waals surface area contributed by atoms with Crippen LogP contribution in [-0.2, 0) is 31.0 Å². The first-order chi connectivity index (χ1) is 19.2. The Morgan fingerprint density at radius 1 is 0.462 bits per heavy atom. The molecule has 0 N–H and O–H groups in total. The number of benzene rings is 5. The van der Waals surface area contributed by atoms with Crippen molar-refractivity contribution in [2.75, 3.05) is 0 Å². The fourth-order valence-corrected chi connectivity index (χ4v) is 4.24. The van der Waals surface area contributed by atoms with E-state index in [-0.39, 0.29) is 0 Å². The van der Waals surface area contributed by atoms with Crippen LogP contribution in [0.4, 0.5) is 0 Å². The van der Waals surface area contributed by atoms with E-state index in [1.807, 2.05) is 115 Å². The van der Waals surface area contributed by atoms with Gasteiger partial charge < -0.3 is 14.2 Å². The van der Waals surface area contributed by atoms with Crippen LogP contribution in [-0.4, -0.2) is 6.29 Å². The van der Waals surface area contributed by atoms with Crippen LogP contribution in [0.1, 0.15) is 33.4 Å². The van der Waals surface area contributed by atoms with Gasteiger partial charge in [0.2, 0.25) is 6.29 Å². The number of carbonyl (C=O) groups excluding carboxylic acids is 1. The molecule has 193 valence electrons. The Balaban J connectivity index is 1.21. The summed E-state index contributed by atoms with van der Waals surface area (Å²) in [5.41, 5.74) is 5.64. The zero-order valence-corrected chi connectivity index (χ0v) is 21.6. The zero-order valence-electron chi connectivity index (χ0n) is 21.6. The average Bonchev–Trinajstić information content (AvgIpc) is 2.99. The summed E-state index contributed by atoms with van der Waals surface area (Å²) in [6, 6.07) is 41.4. The van der Waals surface area contributed by atoms with Crippen LogP contribution in [0.25, 0.3) is 0 Å². The van der Waals surface area contributed by atoms with Gasteiger partial charge in [-0.15, -0.1) is 0 Å². The molecule has 0 aliphatic rings. The third kappa shape index (κ3) is 7.59. The van der Waals surface area contributed by atoms with Gasteiger partial charge in [0.25, 0.3) is 0 Å². The molecule has 4 heteroatoms. The topological polar surface area (TPSA) is 44.8 Å². The average molecular weight is 514 g/mol. The SMILES string of the molecule is O=[C]c1ccc(OCc2cccc(OCc3ccccc3)c2)cc1Cc1cccc(OCc2ccccc2)c1.